The summed E-state index contributed by atoms with van der Waals surface area (Å²) in [4.78, 5) is 37.7. The van der Waals surface area contributed by atoms with Crippen LogP contribution in [-0.2, 0) is 36.3 Å². The summed E-state index contributed by atoms with van der Waals surface area (Å²) in [6.07, 6.45) is -0.516. The maximum atomic E-state index is 13.9. The van der Waals surface area contributed by atoms with Gasteiger partial charge < -0.3 is 19.5 Å². The number of ether oxygens (including phenoxy) is 3. The number of benzene rings is 3. The van der Waals surface area contributed by atoms with Gasteiger partial charge in [0.1, 0.15) is 28.8 Å². The van der Waals surface area contributed by atoms with Crippen molar-refractivity contribution < 1.29 is 41.4 Å². The molecule has 3 aromatic rings. The molecule has 3 aromatic carbocycles. The fourth-order valence-electron chi connectivity index (χ4n) is 5.13. The normalized spacial score (nSPS) is 15.5. The summed E-state index contributed by atoms with van der Waals surface area (Å²) in [6, 6.07) is 17.3. The zero-order valence-corrected chi connectivity index (χ0v) is 29.1. The highest BCUT2D eigenvalue weighted by molar-refractivity contribution is 7.89. The van der Waals surface area contributed by atoms with Gasteiger partial charge in [-0.2, -0.15) is 4.31 Å². The van der Waals surface area contributed by atoms with E-state index in [1.807, 2.05) is 0 Å². The first-order valence-electron chi connectivity index (χ1n) is 15.7. The highest BCUT2D eigenvalue weighted by Gasteiger charge is 2.52. The van der Waals surface area contributed by atoms with Gasteiger partial charge in [-0.25, -0.2) is 22.4 Å². The minimum absolute atomic E-state index is 0.0176. The van der Waals surface area contributed by atoms with Gasteiger partial charge in [0.15, 0.2) is 11.4 Å². The number of ketones is 1. The predicted molar refractivity (Wildman–Crippen MR) is 178 cm³/mol. The number of nitrogens with zero attached hydrogens (tertiary/aromatic N) is 1. The third-order valence-electron chi connectivity index (χ3n) is 7.40. The number of halogens is 1. The minimum atomic E-state index is -4.05. The molecule has 1 saturated heterocycles. The number of rotatable bonds is 11. The Morgan fingerprint density at radius 1 is 0.896 bits per heavy atom. The van der Waals surface area contributed by atoms with E-state index in [9.17, 15) is 27.2 Å². The van der Waals surface area contributed by atoms with Crippen molar-refractivity contribution in [3.05, 3.63) is 95.3 Å². The Hall–Kier alpha value is -4.29. The van der Waals surface area contributed by atoms with Gasteiger partial charge >= 0.3 is 12.1 Å². The third kappa shape index (κ3) is 9.19. The Bertz CT molecular complexity index is 1740. The zero-order chi connectivity index (χ0) is 35.5. The summed E-state index contributed by atoms with van der Waals surface area (Å²) in [5.41, 5.74) is -1.17. The van der Waals surface area contributed by atoms with E-state index in [2.05, 4.69) is 5.32 Å². The van der Waals surface area contributed by atoms with Crippen LogP contribution in [0.3, 0.4) is 0 Å². The van der Waals surface area contributed by atoms with Crippen LogP contribution in [-0.4, -0.2) is 60.9 Å². The van der Waals surface area contributed by atoms with Crippen LogP contribution >= 0.6 is 0 Å². The molecule has 0 aromatic heterocycles. The van der Waals surface area contributed by atoms with Crippen molar-refractivity contribution >= 4 is 27.9 Å². The molecule has 1 heterocycles. The van der Waals surface area contributed by atoms with Crippen molar-refractivity contribution in [3.63, 3.8) is 0 Å². The van der Waals surface area contributed by atoms with Crippen molar-refractivity contribution in [2.24, 2.45) is 0 Å². The number of sulfonamides is 1. The number of nitrogens with one attached hydrogen (secondary N) is 1. The van der Waals surface area contributed by atoms with Crippen molar-refractivity contribution in [2.45, 2.75) is 89.0 Å². The average Bonchev–Trinajstić information content (AvgIpc) is 2.97. The third-order valence-corrected chi connectivity index (χ3v) is 9.19. The van der Waals surface area contributed by atoms with E-state index < -0.39 is 50.7 Å². The summed E-state index contributed by atoms with van der Waals surface area (Å²) in [6.45, 7) is 11.8. The van der Waals surface area contributed by atoms with Gasteiger partial charge in [-0.05, 0) is 101 Å². The topological polar surface area (TPSA) is 128 Å². The lowest BCUT2D eigenvalue weighted by Gasteiger charge is -2.48. The van der Waals surface area contributed by atoms with Crippen molar-refractivity contribution in [3.8, 4) is 5.75 Å². The summed E-state index contributed by atoms with van der Waals surface area (Å²) in [5, 5.41) is 2.56. The van der Waals surface area contributed by atoms with Gasteiger partial charge in [-0.15, -0.1) is 0 Å². The van der Waals surface area contributed by atoms with Gasteiger partial charge in [0.2, 0.25) is 10.0 Å². The summed E-state index contributed by atoms with van der Waals surface area (Å²) in [5.74, 6) is -0.729. The van der Waals surface area contributed by atoms with Crippen LogP contribution in [0.5, 0.6) is 5.75 Å². The average molecular weight is 683 g/mol. The number of hydrogen-bond acceptors (Lipinski definition) is 8. The van der Waals surface area contributed by atoms with E-state index >= 15 is 0 Å². The maximum Gasteiger partial charge on any atom is 0.408 e. The molecule has 12 heteroatoms. The summed E-state index contributed by atoms with van der Waals surface area (Å²) in [7, 11) is -4.05. The molecule has 0 aliphatic carbocycles. The predicted octanol–water partition coefficient (Wildman–Crippen LogP) is 6.17. The zero-order valence-electron chi connectivity index (χ0n) is 28.3. The highest BCUT2D eigenvalue weighted by atomic mass is 32.2. The number of esters is 1. The molecule has 0 unspecified atom stereocenters. The molecular formula is C36H43FN2O8S. The van der Waals surface area contributed by atoms with E-state index in [0.717, 1.165) is 0 Å². The molecule has 0 radical (unpaired) electrons. The number of amides is 1. The molecule has 1 N–H and O–H groups in total. The number of carbonyl (C=O) groups is 3. The van der Waals surface area contributed by atoms with Crippen LogP contribution in [0, 0.1) is 5.82 Å². The second-order valence-electron chi connectivity index (χ2n) is 13.8. The van der Waals surface area contributed by atoms with E-state index in [0.29, 0.717) is 28.9 Å². The Kier molecular flexibility index (Phi) is 10.7. The van der Waals surface area contributed by atoms with Crippen LogP contribution < -0.4 is 10.1 Å². The van der Waals surface area contributed by atoms with Gasteiger partial charge in [0, 0.05) is 18.4 Å². The van der Waals surface area contributed by atoms with Gasteiger partial charge in [0.05, 0.1) is 18.0 Å². The monoisotopic (exact) mass is 682 g/mol. The first-order chi connectivity index (χ1) is 22.3. The number of hydrogen-bond donors (Lipinski definition) is 1. The van der Waals surface area contributed by atoms with Gasteiger partial charge in [-0.1, -0.05) is 31.2 Å². The number of alkyl carbamates (subject to hydrolysis) is 1. The molecule has 0 bridgehead atoms. The fraction of sp³-hybridized carbons (Fsp3) is 0.417. The van der Waals surface area contributed by atoms with Crippen LogP contribution in [0.25, 0.3) is 0 Å². The number of carbonyl (C=O) groups excluding carboxylic acids is 3. The SMILES string of the molecule is CCC(=O)c1ccc(OC2(c3ccc(F)cc3)CN(S(=O)(=O)c3cccc(C[C@H](NC(=O)OC(C)(C)C)C(=O)OC(C)(C)C)c3)C2)cc1. The van der Waals surface area contributed by atoms with Gasteiger partial charge in [0.25, 0.3) is 0 Å². The van der Waals surface area contributed by atoms with Crippen LogP contribution in [0.1, 0.15) is 76.4 Å². The van der Waals surface area contributed by atoms with Crippen LogP contribution in [0.4, 0.5) is 9.18 Å². The highest BCUT2D eigenvalue weighted by Crippen LogP contribution is 2.40. The Balaban J connectivity index is 1.57. The van der Waals surface area contributed by atoms with E-state index in [1.165, 1.54) is 28.6 Å². The Morgan fingerprint density at radius 3 is 2.06 bits per heavy atom. The Labute approximate surface area is 281 Å². The molecule has 10 nitrogen and oxygen atoms in total. The molecule has 0 saturated carbocycles. The lowest BCUT2D eigenvalue weighted by molar-refractivity contribution is -0.157. The molecule has 1 amide bonds. The molecule has 1 fully saturated rings. The van der Waals surface area contributed by atoms with E-state index in [4.69, 9.17) is 14.2 Å². The first-order valence-corrected chi connectivity index (χ1v) is 17.1. The molecule has 1 aliphatic heterocycles. The quantitative estimate of drug-likeness (QED) is 0.188. The second kappa shape index (κ2) is 14.1. The molecule has 4 rings (SSSR count). The number of Topliss-reactive ketones (excluding diaryl/α,β-unsaturated/α-hetero) is 1. The molecule has 0 spiro atoms. The maximum absolute atomic E-state index is 13.9. The molecule has 1 aliphatic rings. The molecular weight excluding hydrogens is 639 g/mol. The van der Waals surface area contributed by atoms with Crippen LogP contribution in [0.2, 0.25) is 0 Å². The van der Waals surface area contributed by atoms with E-state index in [-0.39, 0.29) is 30.2 Å². The van der Waals surface area contributed by atoms with Crippen LogP contribution in [0.15, 0.2) is 77.7 Å². The van der Waals surface area contributed by atoms with E-state index in [1.54, 1.807) is 97.0 Å². The van der Waals surface area contributed by atoms with Crippen molar-refractivity contribution in [1.82, 2.24) is 9.62 Å². The largest absolute Gasteiger partial charge is 0.480 e. The smallest absolute Gasteiger partial charge is 0.408 e. The first kappa shape index (κ1) is 36.5. The lowest BCUT2D eigenvalue weighted by Crippen LogP contribution is -2.64. The van der Waals surface area contributed by atoms with Gasteiger partial charge in [-0.3, -0.25) is 4.79 Å². The molecule has 1 atom stereocenters. The lowest BCUT2D eigenvalue weighted by atomic mass is 9.87. The minimum Gasteiger partial charge on any atom is -0.480 e. The summed E-state index contributed by atoms with van der Waals surface area (Å²) < 4.78 is 60.1. The van der Waals surface area contributed by atoms with Crippen molar-refractivity contribution in [2.75, 3.05) is 13.1 Å². The second-order valence-corrected chi connectivity index (χ2v) is 15.7. The standard InChI is InChI=1S/C36H43FN2O8S/c1-8-31(40)25-12-18-28(19-13-25)45-36(26-14-16-27(37)17-15-26)22-39(23-36)48(43,44)29-11-9-10-24(20-29)21-30(32(41)46-34(2,3)4)38-33(42)47-35(5,6)7/h9-20,30H,8,21-23H2,1-7H3,(H,38,42)/t30-/m0/s1. The molecule has 48 heavy (non-hydrogen) atoms. The Morgan fingerprint density at radius 2 is 1.50 bits per heavy atom. The summed E-state index contributed by atoms with van der Waals surface area (Å²) >= 11 is 0. The fourth-order valence-corrected chi connectivity index (χ4v) is 6.73. The molecule has 258 valence electrons. The van der Waals surface area contributed by atoms with Crippen molar-refractivity contribution in [1.29, 1.82) is 0 Å².